The van der Waals surface area contributed by atoms with Crippen LogP contribution in [0, 0.1) is 18.6 Å². The van der Waals surface area contributed by atoms with Gasteiger partial charge >= 0.3 is 6.18 Å². The van der Waals surface area contributed by atoms with Crippen molar-refractivity contribution >= 4 is 33.9 Å². The summed E-state index contributed by atoms with van der Waals surface area (Å²) in [5.74, 6) is -3.32. The van der Waals surface area contributed by atoms with Gasteiger partial charge in [-0.15, -0.1) is 0 Å². The number of imidazole rings is 1. The van der Waals surface area contributed by atoms with E-state index in [0.29, 0.717) is 36.6 Å². The third kappa shape index (κ3) is 6.35. The van der Waals surface area contributed by atoms with Crippen LogP contribution in [0.4, 0.5) is 27.6 Å². The molecule has 0 unspecified atom stereocenters. The minimum Gasteiger partial charge on any atom is -0.381 e. The van der Waals surface area contributed by atoms with Crippen LogP contribution in [-0.2, 0) is 22.8 Å². The van der Waals surface area contributed by atoms with Crippen molar-refractivity contribution in [2.75, 3.05) is 25.1 Å². The van der Waals surface area contributed by atoms with Gasteiger partial charge in [0.1, 0.15) is 23.1 Å². The van der Waals surface area contributed by atoms with Crippen LogP contribution in [-0.4, -0.2) is 50.9 Å². The molecule has 0 atom stereocenters. The second-order valence-electron chi connectivity index (χ2n) is 12.1. The molecule has 5 aromatic rings. The Kier molecular flexibility index (Phi) is 8.69. The lowest BCUT2D eigenvalue weighted by Gasteiger charge is -2.34. The minimum atomic E-state index is -4.69. The maximum absolute atomic E-state index is 15.1. The maximum Gasteiger partial charge on any atom is 0.417 e. The molecule has 250 valence electrons. The van der Waals surface area contributed by atoms with Crippen LogP contribution in [0.15, 0.2) is 66.9 Å². The van der Waals surface area contributed by atoms with Gasteiger partial charge in [0.15, 0.2) is 0 Å². The largest absolute Gasteiger partial charge is 0.417 e. The molecule has 48 heavy (non-hydrogen) atoms. The molecule has 0 bridgehead atoms. The Morgan fingerprint density at radius 1 is 1.02 bits per heavy atom. The predicted molar refractivity (Wildman–Crippen MR) is 171 cm³/mol. The summed E-state index contributed by atoms with van der Waals surface area (Å²) >= 11 is 0. The second kappa shape index (κ2) is 12.6. The number of ketones is 1. The molecule has 0 saturated carbocycles. The Balaban J connectivity index is 1.25. The zero-order chi connectivity index (χ0) is 34.4. The number of aryl methyl sites for hydroxylation is 2. The van der Waals surface area contributed by atoms with Crippen LogP contribution >= 0.6 is 0 Å². The van der Waals surface area contributed by atoms with Gasteiger partial charge in [0.25, 0.3) is 0 Å². The summed E-state index contributed by atoms with van der Waals surface area (Å²) in [5.41, 5.74) is -1.07. The van der Waals surface area contributed by atoms with Gasteiger partial charge in [0.2, 0.25) is 11.7 Å². The molecule has 13 heteroatoms. The van der Waals surface area contributed by atoms with Crippen LogP contribution < -0.4 is 10.6 Å². The molecule has 8 nitrogen and oxygen atoms in total. The molecule has 0 spiro atoms. The van der Waals surface area contributed by atoms with E-state index in [2.05, 4.69) is 22.5 Å². The number of anilines is 1. The quantitative estimate of drug-likeness (QED) is 0.106. The first-order valence-corrected chi connectivity index (χ1v) is 15.2. The van der Waals surface area contributed by atoms with Gasteiger partial charge in [0, 0.05) is 55.7 Å². The number of carbonyl (C=O) groups is 2. The average Bonchev–Trinajstić information content (AvgIpc) is 3.60. The van der Waals surface area contributed by atoms with E-state index >= 15 is 8.78 Å². The molecule has 1 amide bonds. The van der Waals surface area contributed by atoms with Gasteiger partial charge in [0.05, 0.1) is 27.8 Å². The predicted octanol–water partition coefficient (Wildman–Crippen LogP) is 6.98. The molecule has 0 aliphatic carbocycles. The molecule has 1 aliphatic rings. The van der Waals surface area contributed by atoms with E-state index in [1.165, 1.54) is 40.9 Å². The average molecular weight is 666 g/mol. The van der Waals surface area contributed by atoms with Crippen molar-refractivity contribution in [2.45, 2.75) is 38.4 Å². The zero-order valence-electron chi connectivity index (χ0n) is 26.3. The SMILES string of the molecule is Cc1nc2cc(-c3cccn4c(C(=O)c5cc(F)c(NC(=O)/C=C/CNC6(C)CCOCC6)c(F)c5)ccc34)c(C(F)(F)F)cc2n1C. The van der Waals surface area contributed by atoms with Crippen molar-refractivity contribution in [3.8, 4) is 11.1 Å². The second-order valence-corrected chi connectivity index (χ2v) is 12.1. The number of aromatic nitrogens is 3. The molecule has 6 rings (SSSR count). The molecular weight excluding hydrogens is 633 g/mol. The third-order valence-electron chi connectivity index (χ3n) is 8.83. The Hall–Kier alpha value is -4.88. The van der Waals surface area contributed by atoms with Gasteiger partial charge in [-0.1, -0.05) is 12.1 Å². The Morgan fingerprint density at radius 2 is 1.73 bits per heavy atom. The maximum atomic E-state index is 15.1. The lowest BCUT2D eigenvalue weighted by atomic mass is 9.92. The molecule has 3 aromatic heterocycles. The number of fused-ring (bicyclic) bond motifs is 2. The van der Waals surface area contributed by atoms with Gasteiger partial charge in [-0.25, -0.2) is 13.8 Å². The van der Waals surface area contributed by atoms with Crippen LogP contribution in [0.3, 0.4) is 0 Å². The summed E-state index contributed by atoms with van der Waals surface area (Å²) in [7, 11) is 1.63. The highest BCUT2D eigenvalue weighted by Gasteiger charge is 2.35. The summed E-state index contributed by atoms with van der Waals surface area (Å²) in [4.78, 5) is 30.3. The highest BCUT2D eigenvalue weighted by atomic mass is 19.4. The molecule has 1 aliphatic heterocycles. The number of hydrogen-bond acceptors (Lipinski definition) is 5. The minimum absolute atomic E-state index is 0.0283. The lowest BCUT2D eigenvalue weighted by molar-refractivity contribution is -0.137. The normalized spacial score (nSPS) is 15.1. The van der Waals surface area contributed by atoms with Gasteiger partial charge in [-0.3, -0.25) is 9.59 Å². The fourth-order valence-electron chi connectivity index (χ4n) is 5.97. The molecule has 1 saturated heterocycles. The fourth-order valence-corrected chi connectivity index (χ4v) is 5.97. The number of benzene rings is 2. The number of carbonyl (C=O) groups excluding carboxylic acids is 2. The van der Waals surface area contributed by atoms with Crippen molar-refractivity contribution < 1.29 is 36.3 Å². The van der Waals surface area contributed by atoms with Crippen LogP contribution in [0.1, 0.15) is 47.2 Å². The molecule has 4 heterocycles. The van der Waals surface area contributed by atoms with E-state index in [1.54, 1.807) is 24.6 Å². The Morgan fingerprint density at radius 3 is 2.42 bits per heavy atom. The van der Waals surface area contributed by atoms with Gasteiger partial charge in [-0.05, 0) is 74.7 Å². The molecule has 0 radical (unpaired) electrons. The number of nitrogens with zero attached hydrogens (tertiary/aromatic N) is 3. The highest BCUT2D eigenvalue weighted by Crippen LogP contribution is 2.41. The summed E-state index contributed by atoms with van der Waals surface area (Å²) < 4.78 is 81.4. The highest BCUT2D eigenvalue weighted by molar-refractivity contribution is 6.09. The van der Waals surface area contributed by atoms with Crippen molar-refractivity contribution in [1.29, 1.82) is 0 Å². The first-order valence-electron chi connectivity index (χ1n) is 15.2. The van der Waals surface area contributed by atoms with Gasteiger partial charge < -0.3 is 24.3 Å². The number of ether oxygens (including phenoxy) is 1. The van der Waals surface area contributed by atoms with E-state index in [-0.39, 0.29) is 33.4 Å². The van der Waals surface area contributed by atoms with Crippen molar-refractivity contribution in [3.63, 3.8) is 0 Å². The standard InChI is InChI=1S/C35H32F5N5O3/c1-20-42-27-18-23(24(35(38,39)40)19-30(27)44(20)3)22-6-5-13-45-28(22)8-9-29(45)33(47)21-16-25(36)32(26(37)17-21)43-31(46)7-4-12-41-34(2)10-14-48-15-11-34/h4-9,13,16-19,41H,10-12,14-15H2,1-3H3,(H,43,46)/b7-4+. The first kappa shape index (κ1) is 33.0. The summed E-state index contributed by atoms with van der Waals surface area (Å²) in [6.07, 6.45) is 1.12. The molecule has 2 aromatic carbocycles. The summed E-state index contributed by atoms with van der Waals surface area (Å²) in [6, 6.07) is 9.87. The number of pyridine rings is 1. The Labute approximate surface area is 272 Å². The monoisotopic (exact) mass is 665 g/mol. The van der Waals surface area contributed by atoms with Crippen LogP contribution in [0.25, 0.3) is 27.7 Å². The number of alkyl halides is 3. The van der Waals surface area contributed by atoms with E-state index < -0.39 is 40.8 Å². The van der Waals surface area contributed by atoms with Crippen LogP contribution in [0.2, 0.25) is 0 Å². The Bertz CT molecular complexity index is 2070. The number of halogens is 5. The van der Waals surface area contributed by atoms with Crippen molar-refractivity contribution in [2.24, 2.45) is 7.05 Å². The zero-order valence-corrected chi connectivity index (χ0v) is 26.3. The van der Waals surface area contributed by atoms with Crippen molar-refractivity contribution in [1.82, 2.24) is 19.3 Å². The van der Waals surface area contributed by atoms with E-state index in [4.69, 9.17) is 4.74 Å². The number of hydrogen-bond donors (Lipinski definition) is 2. The van der Waals surface area contributed by atoms with Crippen LogP contribution in [0.5, 0.6) is 0 Å². The number of nitrogens with one attached hydrogen (secondary N) is 2. The number of amides is 1. The molecular formula is C35H32F5N5O3. The first-order chi connectivity index (χ1) is 22.8. The van der Waals surface area contributed by atoms with Crippen molar-refractivity contribution in [3.05, 3.63) is 101 Å². The summed E-state index contributed by atoms with van der Waals surface area (Å²) in [5, 5.41) is 5.51. The summed E-state index contributed by atoms with van der Waals surface area (Å²) in [6.45, 7) is 5.39. The lowest BCUT2D eigenvalue weighted by Crippen LogP contribution is -2.46. The van der Waals surface area contributed by atoms with Gasteiger partial charge in [-0.2, -0.15) is 13.2 Å². The smallest absolute Gasteiger partial charge is 0.381 e. The fraction of sp³-hybridized carbons (Fsp3) is 0.286. The number of rotatable bonds is 8. The van der Waals surface area contributed by atoms with E-state index in [0.717, 1.165) is 37.1 Å². The topological polar surface area (TPSA) is 89.7 Å². The molecule has 2 N–H and O–H groups in total. The van der Waals surface area contributed by atoms with E-state index in [1.807, 2.05) is 0 Å². The van der Waals surface area contributed by atoms with E-state index in [9.17, 15) is 22.8 Å². The third-order valence-corrected chi connectivity index (χ3v) is 8.83. The molecule has 1 fully saturated rings.